The Bertz CT molecular complexity index is 853. The third kappa shape index (κ3) is 3.05. The number of nitrogens with two attached hydrogens (primary N) is 1. The quantitative estimate of drug-likeness (QED) is 0.750. The largest absolute Gasteiger partial charge is 0.398 e. The molecular formula is C18H19BrN4O. The van der Waals surface area contributed by atoms with Crippen LogP contribution in [0.4, 0.5) is 5.69 Å². The van der Waals surface area contributed by atoms with Gasteiger partial charge in [-0.15, -0.1) is 0 Å². The first kappa shape index (κ1) is 15.6. The van der Waals surface area contributed by atoms with Crippen molar-refractivity contribution in [3.8, 4) is 11.3 Å². The summed E-state index contributed by atoms with van der Waals surface area (Å²) in [7, 11) is 0. The van der Waals surface area contributed by atoms with Gasteiger partial charge in [0.1, 0.15) is 5.65 Å². The molecule has 1 aliphatic heterocycles. The van der Waals surface area contributed by atoms with E-state index in [0.717, 1.165) is 59.9 Å². The van der Waals surface area contributed by atoms with Crippen LogP contribution >= 0.6 is 15.9 Å². The molecule has 124 valence electrons. The number of nitrogens with zero attached hydrogens (tertiary/aromatic N) is 3. The molecule has 0 saturated carbocycles. The van der Waals surface area contributed by atoms with Crippen LogP contribution in [0, 0.1) is 0 Å². The second kappa shape index (κ2) is 6.55. The van der Waals surface area contributed by atoms with Crippen LogP contribution in [0.2, 0.25) is 0 Å². The molecular weight excluding hydrogens is 368 g/mol. The van der Waals surface area contributed by atoms with Crippen molar-refractivity contribution in [3.63, 3.8) is 0 Å². The van der Waals surface area contributed by atoms with Crippen molar-refractivity contribution in [3.05, 3.63) is 52.8 Å². The molecule has 0 unspecified atom stereocenters. The highest BCUT2D eigenvalue weighted by Crippen LogP contribution is 2.28. The molecule has 24 heavy (non-hydrogen) atoms. The van der Waals surface area contributed by atoms with Gasteiger partial charge in [-0.05, 0) is 24.3 Å². The number of pyridine rings is 1. The van der Waals surface area contributed by atoms with E-state index in [1.807, 2.05) is 30.5 Å². The molecule has 0 atom stereocenters. The van der Waals surface area contributed by atoms with Gasteiger partial charge in [0.15, 0.2) is 0 Å². The molecule has 3 heterocycles. The summed E-state index contributed by atoms with van der Waals surface area (Å²) in [6.45, 7) is 4.28. The summed E-state index contributed by atoms with van der Waals surface area (Å²) in [5.74, 6) is 0. The number of hydrogen-bond donors (Lipinski definition) is 1. The van der Waals surface area contributed by atoms with Crippen LogP contribution in [0.3, 0.4) is 0 Å². The van der Waals surface area contributed by atoms with Crippen molar-refractivity contribution < 1.29 is 4.74 Å². The minimum atomic E-state index is 0.741. The number of morpholine rings is 1. The van der Waals surface area contributed by atoms with Gasteiger partial charge < -0.3 is 14.9 Å². The van der Waals surface area contributed by atoms with Crippen molar-refractivity contribution >= 4 is 27.3 Å². The smallest absolute Gasteiger partial charge is 0.137 e. The summed E-state index contributed by atoms with van der Waals surface area (Å²) in [6, 6.07) is 12.2. The van der Waals surface area contributed by atoms with E-state index in [4.69, 9.17) is 15.5 Å². The Labute approximate surface area is 149 Å². The molecule has 2 N–H and O–H groups in total. The Balaban J connectivity index is 1.81. The molecule has 5 nitrogen and oxygen atoms in total. The topological polar surface area (TPSA) is 55.8 Å². The number of rotatable bonds is 3. The van der Waals surface area contributed by atoms with Crippen LogP contribution in [0.25, 0.3) is 16.9 Å². The van der Waals surface area contributed by atoms with Crippen molar-refractivity contribution in [1.29, 1.82) is 0 Å². The van der Waals surface area contributed by atoms with Gasteiger partial charge >= 0.3 is 0 Å². The number of anilines is 1. The maximum atomic E-state index is 6.01. The predicted molar refractivity (Wildman–Crippen MR) is 98.8 cm³/mol. The zero-order chi connectivity index (χ0) is 16.5. The van der Waals surface area contributed by atoms with E-state index in [-0.39, 0.29) is 0 Å². The molecule has 0 aliphatic carbocycles. The first-order valence-electron chi connectivity index (χ1n) is 8.03. The standard InChI is InChI=1S/C18H19BrN4O/c19-14-3-1-13(2-4-14)18-16(12-22-7-9-24-10-8-22)23-11-15(20)5-6-17(23)21-18/h1-6,11H,7-10,12,20H2. The summed E-state index contributed by atoms with van der Waals surface area (Å²) < 4.78 is 8.64. The second-order valence-electron chi connectivity index (χ2n) is 5.99. The summed E-state index contributed by atoms with van der Waals surface area (Å²) in [6.07, 6.45) is 1.96. The zero-order valence-corrected chi connectivity index (χ0v) is 14.9. The Kier molecular flexibility index (Phi) is 4.26. The lowest BCUT2D eigenvalue weighted by molar-refractivity contribution is 0.0336. The SMILES string of the molecule is Nc1ccc2nc(-c3ccc(Br)cc3)c(CN3CCOCC3)n2c1. The number of halogens is 1. The number of hydrogen-bond acceptors (Lipinski definition) is 4. The highest BCUT2D eigenvalue weighted by Gasteiger charge is 2.19. The predicted octanol–water partition coefficient (Wildman–Crippen LogP) is 3.18. The van der Waals surface area contributed by atoms with Crippen LogP contribution in [0.5, 0.6) is 0 Å². The molecule has 0 bridgehead atoms. The normalized spacial score (nSPS) is 15.9. The number of imidazole rings is 1. The van der Waals surface area contributed by atoms with Crippen molar-refractivity contribution in [1.82, 2.24) is 14.3 Å². The molecule has 0 amide bonds. The Hall–Kier alpha value is -1.89. The van der Waals surface area contributed by atoms with Gasteiger partial charge in [-0.1, -0.05) is 28.1 Å². The fourth-order valence-electron chi connectivity index (χ4n) is 3.07. The molecule has 3 aromatic rings. The third-order valence-corrected chi connectivity index (χ3v) is 4.86. The number of nitrogen functional groups attached to an aromatic ring is 1. The summed E-state index contributed by atoms with van der Waals surface area (Å²) in [5.41, 5.74) is 11.0. The molecule has 0 spiro atoms. The first-order valence-corrected chi connectivity index (χ1v) is 8.82. The maximum Gasteiger partial charge on any atom is 0.137 e. The van der Waals surface area contributed by atoms with Crippen LogP contribution in [0.15, 0.2) is 47.1 Å². The molecule has 6 heteroatoms. The average Bonchev–Trinajstić information content (AvgIpc) is 2.94. The van der Waals surface area contributed by atoms with E-state index >= 15 is 0 Å². The Morgan fingerprint density at radius 1 is 1.08 bits per heavy atom. The molecule has 0 radical (unpaired) electrons. The molecule has 2 aromatic heterocycles. The van der Waals surface area contributed by atoms with Gasteiger partial charge in [0.2, 0.25) is 0 Å². The van der Waals surface area contributed by atoms with E-state index in [1.165, 1.54) is 5.69 Å². The van der Waals surface area contributed by atoms with Crippen molar-refractivity contribution in [2.45, 2.75) is 6.54 Å². The summed E-state index contributed by atoms with van der Waals surface area (Å²) >= 11 is 3.50. The molecule has 4 rings (SSSR count). The fraction of sp³-hybridized carbons (Fsp3) is 0.278. The van der Waals surface area contributed by atoms with Crippen LogP contribution in [-0.4, -0.2) is 40.6 Å². The molecule has 1 saturated heterocycles. The molecule has 1 aliphatic rings. The fourth-order valence-corrected chi connectivity index (χ4v) is 3.34. The van der Waals surface area contributed by atoms with Crippen LogP contribution in [-0.2, 0) is 11.3 Å². The molecule has 1 fully saturated rings. The van der Waals surface area contributed by atoms with E-state index in [0.29, 0.717) is 0 Å². The highest BCUT2D eigenvalue weighted by molar-refractivity contribution is 9.10. The monoisotopic (exact) mass is 386 g/mol. The van der Waals surface area contributed by atoms with Crippen molar-refractivity contribution in [2.75, 3.05) is 32.0 Å². The minimum Gasteiger partial charge on any atom is -0.398 e. The van der Waals surface area contributed by atoms with Gasteiger partial charge in [0, 0.05) is 41.6 Å². The van der Waals surface area contributed by atoms with Gasteiger partial charge in [0.25, 0.3) is 0 Å². The van der Waals surface area contributed by atoms with Crippen LogP contribution < -0.4 is 5.73 Å². The lowest BCUT2D eigenvalue weighted by atomic mass is 10.1. The van der Waals surface area contributed by atoms with E-state index in [1.54, 1.807) is 0 Å². The number of benzene rings is 1. The van der Waals surface area contributed by atoms with Crippen molar-refractivity contribution in [2.24, 2.45) is 0 Å². The minimum absolute atomic E-state index is 0.741. The molecule has 1 aromatic carbocycles. The van der Waals surface area contributed by atoms with Gasteiger partial charge in [0.05, 0.1) is 24.6 Å². The second-order valence-corrected chi connectivity index (χ2v) is 6.91. The number of ether oxygens (including phenoxy) is 1. The number of fused-ring (bicyclic) bond motifs is 1. The lowest BCUT2D eigenvalue weighted by Crippen LogP contribution is -2.36. The van der Waals surface area contributed by atoms with Gasteiger partial charge in [-0.25, -0.2) is 4.98 Å². The Morgan fingerprint density at radius 3 is 2.58 bits per heavy atom. The highest BCUT2D eigenvalue weighted by atomic mass is 79.9. The first-order chi connectivity index (χ1) is 11.7. The maximum absolute atomic E-state index is 6.01. The van der Waals surface area contributed by atoms with E-state index in [2.05, 4.69) is 37.4 Å². The number of aromatic nitrogens is 2. The van der Waals surface area contributed by atoms with E-state index < -0.39 is 0 Å². The zero-order valence-electron chi connectivity index (χ0n) is 13.3. The van der Waals surface area contributed by atoms with Gasteiger partial charge in [-0.3, -0.25) is 4.90 Å². The third-order valence-electron chi connectivity index (χ3n) is 4.34. The van der Waals surface area contributed by atoms with Gasteiger partial charge in [-0.2, -0.15) is 0 Å². The average molecular weight is 387 g/mol. The Morgan fingerprint density at radius 2 is 1.83 bits per heavy atom. The van der Waals surface area contributed by atoms with Crippen LogP contribution in [0.1, 0.15) is 5.69 Å². The summed E-state index contributed by atoms with van der Waals surface area (Å²) in [4.78, 5) is 7.25. The lowest BCUT2D eigenvalue weighted by Gasteiger charge is -2.26. The van der Waals surface area contributed by atoms with E-state index in [9.17, 15) is 0 Å². The summed E-state index contributed by atoms with van der Waals surface area (Å²) in [5, 5.41) is 0.